The van der Waals surface area contributed by atoms with Crippen LogP contribution in [0.3, 0.4) is 0 Å². The van der Waals surface area contributed by atoms with E-state index < -0.39 is 6.10 Å². The van der Waals surface area contributed by atoms with E-state index in [1.54, 1.807) is 0 Å². The van der Waals surface area contributed by atoms with Gasteiger partial charge in [0.15, 0.2) is 0 Å². The third kappa shape index (κ3) is 7.61. The Morgan fingerprint density at radius 3 is 2.07 bits per heavy atom. The van der Waals surface area contributed by atoms with Crippen molar-refractivity contribution >= 4 is 16.7 Å². The molecule has 0 bridgehead atoms. The molecule has 0 aliphatic rings. The van der Waals surface area contributed by atoms with Crippen molar-refractivity contribution in [3.05, 3.63) is 48.0 Å². The molecule has 2 aromatic carbocycles. The molecule has 0 N–H and O–H groups in total. The van der Waals surface area contributed by atoms with Crippen LogP contribution in [0.15, 0.2) is 42.5 Å². The summed E-state index contributed by atoms with van der Waals surface area (Å²) in [5, 5.41) is 1.93. The molecule has 4 nitrogen and oxygen atoms in total. The number of esters is 1. The van der Waals surface area contributed by atoms with Crippen molar-refractivity contribution in [2.45, 2.75) is 58.5 Å². The van der Waals surface area contributed by atoms with E-state index in [1.807, 2.05) is 42.5 Å². The van der Waals surface area contributed by atoms with E-state index in [-0.39, 0.29) is 5.97 Å². The number of benzene rings is 2. The third-order valence-electron chi connectivity index (χ3n) is 4.68. The van der Waals surface area contributed by atoms with Gasteiger partial charge in [0, 0.05) is 13.2 Å². The van der Waals surface area contributed by atoms with Crippen LogP contribution >= 0.6 is 0 Å². The quantitative estimate of drug-likeness (QED) is 0.305. The van der Waals surface area contributed by atoms with E-state index in [0.29, 0.717) is 32.0 Å². The Morgan fingerprint density at radius 2 is 1.43 bits per heavy atom. The Balaban J connectivity index is 1.95. The SMILES string of the molecule is CCCCCOCC(COCCCCC)OC(=O)c1cccc2ccccc12. The van der Waals surface area contributed by atoms with Gasteiger partial charge >= 0.3 is 5.97 Å². The maximum absolute atomic E-state index is 12.8. The van der Waals surface area contributed by atoms with Gasteiger partial charge in [-0.25, -0.2) is 4.79 Å². The summed E-state index contributed by atoms with van der Waals surface area (Å²) in [5.74, 6) is -0.323. The van der Waals surface area contributed by atoms with Gasteiger partial charge in [0.1, 0.15) is 6.10 Å². The number of rotatable bonds is 14. The molecule has 28 heavy (non-hydrogen) atoms. The summed E-state index contributed by atoms with van der Waals surface area (Å²) < 4.78 is 17.3. The lowest BCUT2D eigenvalue weighted by Gasteiger charge is -2.19. The number of hydrogen-bond acceptors (Lipinski definition) is 4. The van der Waals surface area contributed by atoms with Crippen LogP contribution in [0.4, 0.5) is 0 Å². The van der Waals surface area contributed by atoms with E-state index >= 15 is 0 Å². The van der Waals surface area contributed by atoms with E-state index in [4.69, 9.17) is 14.2 Å². The monoisotopic (exact) mass is 386 g/mol. The minimum atomic E-state index is -0.394. The predicted octanol–water partition coefficient (Wildman–Crippen LogP) is 5.78. The molecule has 154 valence electrons. The highest BCUT2D eigenvalue weighted by Crippen LogP contribution is 2.20. The van der Waals surface area contributed by atoms with Crippen molar-refractivity contribution in [2.24, 2.45) is 0 Å². The average Bonchev–Trinajstić information content (AvgIpc) is 2.72. The lowest BCUT2D eigenvalue weighted by molar-refractivity contribution is -0.0406. The predicted molar refractivity (Wildman–Crippen MR) is 114 cm³/mol. The maximum Gasteiger partial charge on any atom is 0.339 e. The number of ether oxygens (including phenoxy) is 3. The third-order valence-corrected chi connectivity index (χ3v) is 4.68. The zero-order valence-corrected chi connectivity index (χ0v) is 17.3. The molecule has 0 amide bonds. The first-order chi connectivity index (χ1) is 13.8. The fourth-order valence-electron chi connectivity index (χ4n) is 3.07. The van der Waals surface area contributed by atoms with Gasteiger partial charge in [0.2, 0.25) is 0 Å². The first kappa shape index (κ1) is 22.4. The second-order valence-corrected chi connectivity index (χ2v) is 7.12. The highest BCUT2D eigenvalue weighted by Gasteiger charge is 2.18. The molecular weight excluding hydrogens is 352 g/mol. The Morgan fingerprint density at radius 1 is 0.821 bits per heavy atom. The van der Waals surface area contributed by atoms with Crippen molar-refractivity contribution in [1.29, 1.82) is 0 Å². The zero-order chi connectivity index (χ0) is 20.0. The molecule has 0 atom stereocenters. The Kier molecular flexibility index (Phi) is 10.6. The fraction of sp³-hybridized carbons (Fsp3) is 0.542. The fourth-order valence-corrected chi connectivity index (χ4v) is 3.07. The Bertz CT molecular complexity index is 679. The van der Waals surface area contributed by atoms with Gasteiger partial charge < -0.3 is 14.2 Å². The molecule has 2 aromatic rings. The first-order valence-corrected chi connectivity index (χ1v) is 10.6. The molecule has 0 unspecified atom stereocenters. The standard InChI is InChI=1S/C24H34O4/c1-3-5-9-16-26-18-21(19-27-17-10-6-4-2)28-24(25)23-15-11-13-20-12-7-8-14-22(20)23/h7-8,11-15,21H,3-6,9-10,16-19H2,1-2H3. The van der Waals surface area contributed by atoms with Crippen molar-refractivity contribution < 1.29 is 19.0 Å². The summed E-state index contributed by atoms with van der Waals surface area (Å²) in [4.78, 5) is 12.8. The van der Waals surface area contributed by atoms with E-state index in [0.717, 1.165) is 49.3 Å². The van der Waals surface area contributed by atoms with Crippen LogP contribution in [0.1, 0.15) is 62.7 Å². The molecule has 0 aliphatic heterocycles. The van der Waals surface area contributed by atoms with Crippen molar-refractivity contribution in [3.63, 3.8) is 0 Å². The summed E-state index contributed by atoms with van der Waals surface area (Å²) >= 11 is 0. The Hall–Kier alpha value is -1.91. The normalized spacial score (nSPS) is 11.2. The average molecular weight is 387 g/mol. The van der Waals surface area contributed by atoms with Crippen molar-refractivity contribution in [3.8, 4) is 0 Å². The van der Waals surface area contributed by atoms with E-state index in [9.17, 15) is 4.79 Å². The maximum atomic E-state index is 12.8. The zero-order valence-electron chi connectivity index (χ0n) is 17.3. The van der Waals surface area contributed by atoms with Gasteiger partial charge in [0.05, 0.1) is 18.8 Å². The minimum Gasteiger partial charge on any atom is -0.454 e. The summed E-state index contributed by atoms with van der Waals surface area (Å²) in [6.45, 7) is 6.44. The second-order valence-electron chi connectivity index (χ2n) is 7.12. The molecule has 0 saturated carbocycles. The summed E-state index contributed by atoms with van der Waals surface area (Å²) in [5.41, 5.74) is 0.583. The van der Waals surface area contributed by atoms with Gasteiger partial charge in [-0.05, 0) is 29.7 Å². The smallest absolute Gasteiger partial charge is 0.339 e. The first-order valence-electron chi connectivity index (χ1n) is 10.6. The molecule has 0 aromatic heterocycles. The molecular formula is C24H34O4. The van der Waals surface area contributed by atoms with Gasteiger partial charge in [-0.1, -0.05) is 75.9 Å². The highest BCUT2D eigenvalue weighted by molar-refractivity contribution is 6.04. The molecule has 0 aliphatic carbocycles. The van der Waals surface area contributed by atoms with Crippen LogP contribution in [0, 0.1) is 0 Å². The van der Waals surface area contributed by atoms with Crippen LogP contribution in [0.25, 0.3) is 10.8 Å². The van der Waals surface area contributed by atoms with Crippen LogP contribution in [0.5, 0.6) is 0 Å². The van der Waals surface area contributed by atoms with Crippen LogP contribution in [-0.4, -0.2) is 38.5 Å². The largest absolute Gasteiger partial charge is 0.454 e. The summed E-state index contributed by atoms with van der Waals surface area (Å²) in [7, 11) is 0. The number of fused-ring (bicyclic) bond motifs is 1. The van der Waals surface area contributed by atoms with E-state index in [1.165, 1.54) is 0 Å². The van der Waals surface area contributed by atoms with Crippen LogP contribution < -0.4 is 0 Å². The van der Waals surface area contributed by atoms with Crippen LogP contribution in [-0.2, 0) is 14.2 Å². The highest BCUT2D eigenvalue weighted by atomic mass is 16.6. The van der Waals surface area contributed by atoms with Crippen molar-refractivity contribution in [2.75, 3.05) is 26.4 Å². The number of carbonyl (C=O) groups excluding carboxylic acids is 1. The molecule has 0 radical (unpaired) electrons. The number of hydrogen-bond donors (Lipinski definition) is 0. The summed E-state index contributed by atoms with van der Waals surface area (Å²) in [6.07, 6.45) is 6.26. The second kappa shape index (κ2) is 13.3. The summed E-state index contributed by atoms with van der Waals surface area (Å²) in [6, 6.07) is 13.5. The topological polar surface area (TPSA) is 44.8 Å². The van der Waals surface area contributed by atoms with Gasteiger partial charge in [0.25, 0.3) is 0 Å². The number of carbonyl (C=O) groups is 1. The molecule has 0 heterocycles. The molecule has 4 heteroatoms. The number of unbranched alkanes of at least 4 members (excludes halogenated alkanes) is 4. The van der Waals surface area contributed by atoms with Gasteiger partial charge in [-0.15, -0.1) is 0 Å². The lowest BCUT2D eigenvalue weighted by Crippen LogP contribution is -2.29. The lowest BCUT2D eigenvalue weighted by atomic mass is 10.0. The molecule has 0 fully saturated rings. The molecule has 0 saturated heterocycles. The van der Waals surface area contributed by atoms with Gasteiger partial charge in [-0.2, -0.15) is 0 Å². The minimum absolute atomic E-state index is 0.323. The molecule has 0 spiro atoms. The van der Waals surface area contributed by atoms with Gasteiger partial charge in [-0.3, -0.25) is 0 Å². The Labute approximate surface area is 169 Å². The van der Waals surface area contributed by atoms with E-state index in [2.05, 4.69) is 13.8 Å². The molecule has 2 rings (SSSR count). The van der Waals surface area contributed by atoms with Crippen LogP contribution in [0.2, 0.25) is 0 Å². The van der Waals surface area contributed by atoms with Crippen molar-refractivity contribution in [1.82, 2.24) is 0 Å².